The predicted octanol–water partition coefficient (Wildman–Crippen LogP) is 3.94. The summed E-state index contributed by atoms with van der Waals surface area (Å²) in [5.41, 5.74) is 0.392. The zero-order valence-electron chi connectivity index (χ0n) is 12.8. The van der Waals surface area contributed by atoms with E-state index >= 15 is 0 Å². The zero-order valence-corrected chi connectivity index (χ0v) is 12.8. The monoisotopic (exact) mass is 279 g/mol. The number of hydrogen-bond acceptors (Lipinski definition) is 3. The Morgan fingerprint density at radius 2 is 1.60 bits per heavy atom. The lowest BCUT2D eigenvalue weighted by atomic mass is 10.1. The summed E-state index contributed by atoms with van der Waals surface area (Å²) >= 11 is 0. The SMILES string of the molecule is CCCCCCCCCCCCN=c1ncccn1O. The molecule has 0 bridgehead atoms. The Morgan fingerprint density at radius 1 is 1.00 bits per heavy atom. The normalized spacial score (nSPS) is 11.9. The fourth-order valence-corrected chi connectivity index (χ4v) is 2.25. The second-order valence-electron chi connectivity index (χ2n) is 5.33. The summed E-state index contributed by atoms with van der Waals surface area (Å²) in [5.74, 6) is 0. The van der Waals surface area contributed by atoms with Crippen LogP contribution in [0, 0.1) is 0 Å². The van der Waals surface area contributed by atoms with E-state index in [-0.39, 0.29) is 0 Å². The molecule has 0 spiro atoms. The van der Waals surface area contributed by atoms with E-state index in [0.717, 1.165) is 17.7 Å². The molecule has 0 aliphatic rings. The van der Waals surface area contributed by atoms with Gasteiger partial charge in [0.1, 0.15) is 0 Å². The molecule has 1 heterocycles. The molecule has 0 saturated heterocycles. The van der Waals surface area contributed by atoms with E-state index in [1.807, 2.05) is 0 Å². The Hall–Kier alpha value is -1.32. The summed E-state index contributed by atoms with van der Waals surface area (Å²) < 4.78 is 0.969. The third-order valence-electron chi connectivity index (χ3n) is 3.47. The molecular formula is C16H29N3O. The molecule has 0 amide bonds. The molecule has 0 saturated carbocycles. The molecule has 1 N–H and O–H groups in total. The smallest absolute Gasteiger partial charge is 0.258 e. The van der Waals surface area contributed by atoms with Gasteiger partial charge in [-0.1, -0.05) is 64.7 Å². The minimum absolute atomic E-state index is 0.392. The van der Waals surface area contributed by atoms with Crippen molar-refractivity contribution < 1.29 is 5.21 Å². The van der Waals surface area contributed by atoms with Gasteiger partial charge in [-0.25, -0.2) is 9.98 Å². The highest BCUT2D eigenvalue weighted by molar-refractivity contribution is 4.77. The van der Waals surface area contributed by atoms with Gasteiger partial charge in [-0.15, -0.1) is 0 Å². The van der Waals surface area contributed by atoms with Crippen molar-refractivity contribution in [3.63, 3.8) is 0 Å². The first-order valence-corrected chi connectivity index (χ1v) is 8.08. The molecule has 0 unspecified atom stereocenters. The predicted molar refractivity (Wildman–Crippen MR) is 81.7 cm³/mol. The molecule has 4 heteroatoms. The first-order chi connectivity index (χ1) is 9.84. The average molecular weight is 279 g/mol. The molecule has 0 radical (unpaired) electrons. The summed E-state index contributed by atoms with van der Waals surface area (Å²) in [6.45, 7) is 3.00. The third kappa shape index (κ3) is 7.97. The summed E-state index contributed by atoms with van der Waals surface area (Å²) in [4.78, 5) is 8.28. The van der Waals surface area contributed by atoms with Gasteiger partial charge >= 0.3 is 0 Å². The van der Waals surface area contributed by atoms with Gasteiger partial charge in [-0.05, 0) is 12.5 Å². The Morgan fingerprint density at radius 3 is 2.20 bits per heavy atom. The van der Waals surface area contributed by atoms with Crippen LogP contribution in [0.2, 0.25) is 0 Å². The Balaban J connectivity index is 1.95. The molecule has 0 atom stereocenters. The van der Waals surface area contributed by atoms with Gasteiger partial charge in [0.05, 0.1) is 0 Å². The topological polar surface area (TPSA) is 50.4 Å². The maximum atomic E-state index is 9.43. The molecule has 0 aliphatic carbocycles. The number of hydrogen-bond donors (Lipinski definition) is 1. The van der Waals surface area contributed by atoms with Gasteiger partial charge in [0.15, 0.2) is 0 Å². The van der Waals surface area contributed by atoms with E-state index < -0.39 is 0 Å². The van der Waals surface area contributed by atoms with E-state index in [0.29, 0.717) is 5.62 Å². The van der Waals surface area contributed by atoms with Crippen LogP contribution in [0.3, 0.4) is 0 Å². The maximum absolute atomic E-state index is 9.43. The number of nitrogens with zero attached hydrogens (tertiary/aromatic N) is 3. The molecule has 0 fully saturated rings. The van der Waals surface area contributed by atoms with E-state index in [1.165, 1.54) is 57.8 Å². The van der Waals surface area contributed by atoms with Crippen molar-refractivity contribution >= 4 is 0 Å². The van der Waals surface area contributed by atoms with Crippen molar-refractivity contribution in [1.82, 2.24) is 9.71 Å². The summed E-state index contributed by atoms with van der Waals surface area (Å²) in [5, 5.41) is 9.43. The van der Waals surface area contributed by atoms with Crippen LogP contribution in [0.4, 0.5) is 0 Å². The Labute approximate surface area is 122 Å². The molecule has 0 aliphatic heterocycles. The minimum Gasteiger partial charge on any atom is -0.425 e. The molecule has 1 rings (SSSR count). The van der Waals surface area contributed by atoms with Crippen LogP contribution in [0.1, 0.15) is 71.1 Å². The van der Waals surface area contributed by atoms with Crippen LogP contribution in [-0.2, 0) is 0 Å². The highest BCUT2D eigenvalue weighted by Gasteiger charge is 1.93. The van der Waals surface area contributed by atoms with E-state index in [2.05, 4.69) is 16.9 Å². The molecule has 114 valence electrons. The van der Waals surface area contributed by atoms with Crippen LogP contribution in [-0.4, -0.2) is 21.5 Å². The standard InChI is InChI=1S/C16H29N3O/c1-2-3-4-5-6-7-8-9-10-11-13-17-16-18-14-12-15-19(16)20/h12,14-15,20H,2-11,13H2,1H3. The van der Waals surface area contributed by atoms with Crippen LogP contribution < -0.4 is 5.62 Å². The largest absolute Gasteiger partial charge is 0.425 e. The van der Waals surface area contributed by atoms with Crippen molar-refractivity contribution in [2.45, 2.75) is 71.1 Å². The lowest BCUT2D eigenvalue weighted by Gasteiger charge is -2.01. The third-order valence-corrected chi connectivity index (χ3v) is 3.47. The second-order valence-corrected chi connectivity index (χ2v) is 5.33. The molecule has 0 aromatic carbocycles. The van der Waals surface area contributed by atoms with E-state index in [4.69, 9.17) is 0 Å². The summed E-state index contributed by atoms with van der Waals surface area (Å²) in [6.07, 6.45) is 16.4. The van der Waals surface area contributed by atoms with E-state index in [1.54, 1.807) is 18.5 Å². The Bertz CT molecular complexity index is 401. The molecule has 1 aromatic heterocycles. The lowest BCUT2D eigenvalue weighted by molar-refractivity contribution is 0.166. The molecule has 1 aromatic rings. The van der Waals surface area contributed by atoms with E-state index in [9.17, 15) is 5.21 Å². The maximum Gasteiger partial charge on any atom is 0.258 e. The number of aromatic nitrogens is 2. The van der Waals surface area contributed by atoms with Gasteiger partial charge in [0, 0.05) is 18.9 Å². The minimum atomic E-state index is 0.392. The number of rotatable bonds is 11. The zero-order chi connectivity index (χ0) is 14.5. The van der Waals surface area contributed by atoms with Gasteiger partial charge in [-0.3, -0.25) is 0 Å². The van der Waals surface area contributed by atoms with Crippen LogP contribution in [0.25, 0.3) is 0 Å². The Kier molecular flexibility index (Phi) is 9.62. The first kappa shape index (κ1) is 16.7. The lowest BCUT2D eigenvalue weighted by Crippen LogP contribution is -2.21. The first-order valence-electron chi connectivity index (χ1n) is 8.08. The quantitative estimate of drug-likeness (QED) is 0.492. The summed E-state index contributed by atoms with van der Waals surface area (Å²) in [7, 11) is 0. The fraction of sp³-hybridized carbons (Fsp3) is 0.750. The molecule has 20 heavy (non-hydrogen) atoms. The van der Waals surface area contributed by atoms with Crippen molar-refractivity contribution in [3.05, 3.63) is 24.1 Å². The van der Waals surface area contributed by atoms with Crippen LogP contribution >= 0.6 is 0 Å². The highest BCUT2D eigenvalue weighted by atomic mass is 16.5. The number of unbranched alkanes of at least 4 members (excludes halogenated alkanes) is 9. The molecule has 4 nitrogen and oxygen atoms in total. The van der Waals surface area contributed by atoms with Crippen molar-refractivity contribution in [1.29, 1.82) is 0 Å². The fourth-order valence-electron chi connectivity index (χ4n) is 2.25. The van der Waals surface area contributed by atoms with Gasteiger partial charge in [0.25, 0.3) is 5.62 Å². The summed E-state index contributed by atoms with van der Waals surface area (Å²) in [6, 6.07) is 1.68. The van der Waals surface area contributed by atoms with Crippen molar-refractivity contribution in [3.8, 4) is 0 Å². The van der Waals surface area contributed by atoms with Gasteiger partial charge in [-0.2, -0.15) is 4.73 Å². The van der Waals surface area contributed by atoms with Crippen LogP contribution in [0.15, 0.2) is 23.5 Å². The van der Waals surface area contributed by atoms with Crippen molar-refractivity contribution in [2.75, 3.05) is 6.54 Å². The second kappa shape index (κ2) is 11.5. The highest BCUT2D eigenvalue weighted by Crippen LogP contribution is 2.10. The van der Waals surface area contributed by atoms with Gasteiger partial charge < -0.3 is 5.21 Å². The van der Waals surface area contributed by atoms with Crippen LogP contribution in [0.5, 0.6) is 0 Å². The van der Waals surface area contributed by atoms with Crippen molar-refractivity contribution in [2.24, 2.45) is 4.99 Å². The molecular weight excluding hydrogens is 250 g/mol. The van der Waals surface area contributed by atoms with Gasteiger partial charge in [0.2, 0.25) is 0 Å². The average Bonchev–Trinajstić information content (AvgIpc) is 2.46.